The van der Waals surface area contributed by atoms with E-state index in [4.69, 9.17) is 0 Å². The van der Waals surface area contributed by atoms with Crippen LogP contribution < -0.4 is 0 Å². The summed E-state index contributed by atoms with van der Waals surface area (Å²) in [4.78, 5) is 13.4. The van der Waals surface area contributed by atoms with Gasteiger partial charge in [-0.2, -0.15) is 0 Å². The normalized spacial score (nSPS) is 18.0. The van der Waals surface area contributed by atoms with Gasteiger partial charge in [-0.25, -0.2) is 15.0 Å². The highest BCUT2D eigenvalue weighted by atomic mass is 31.2. The summed E-state index contributed by atoms with van der Waals surface area (Å²) in [6, 6.07) is 0. The fraction of sp³-hybridized carbons (Fsp3) is 0.562. The summed E-state index contributed by atoms with van der Waals surface area (Å²) in [5.41, 5.74) is 4.07. The van der Waals surface area contributed by atoms with Crippen molar-refractivity contribution in [2.24, 2.45) is 5.41 Å². The van der Waals surface area contributed by atoms with Gasteiger partial charge in [-0.3, -0.25) is 0 Å². The summed E-state index contributed by atoms with van der Waals surface area (Å²) in [5, 5.41) is 0. The molecule has 0 saturated heterocycles. The molecule has 6 heteroatoms. The maximum atomic E-state index is 12.1. The van der Waals surface area contributed by atoms with Crippen molar-refractivity contribution in [3.05, 3.63) is 29.2 Å². The van der Waals surface area contributed by atoms with Crippen molar-refractivity contribution in [2.45, 2.75) is 40.2 Å². The minimum atomic E-state index is -2.14. The van der Waals surface area contributed by atoms with Crippen LogP contribution in [0.2, 0.25) is 0 Å². The predicted molar refractivity (Wildman–Crippen MR) is 89.7 cm³/mol. The first-order chi connectivity index (χ1) is 10.2. The molecule has 2 aromatic rings. The first-order valence-corrected chi connectivity index (χ1v) is 10.3. The van der Waals surface area contributed by atoms with Crippen molar-refractivity contribution in [1.82, 2.24) is 19.5 Å². The molecule has 118 valence electrons. The number of aromatic nitrogens is 4. The number of fused-ring (bicyclic) bond motifs is 1. The van der Waals surface area contributed by atoms with Gasteiger partial charge in [-0.15, -0.1) is 0 Å². The maximum Gasteiger partial charge on any atom is 0.163 e. The van der Waals surface area contributed by atoms with E-state index in [1.54, 1.807) is 0 Å². The molecule has 0 amide bonds. The van der Waals surface area contributed by atoms with Crippen LogP contribution in [0.3, 0.4) is 0 Å². The molecule has 0 aliphatic heterocycles. The summed E-state index contributed by atoms with van der Waals surface area (Å²) < 4.78 is 14.2. The summed E-state index contributed by atoms with van der Waals surface area (Å²) >= 11 is 0. The summed E-state index contributed by atoms with van der Waals surface area (Å²) in [6.45, 7) is 10.5. The van der Waals surface area contributed by atoms with E-state index >= 15 is 0 Å². The monoisotopic (exact) mass is 318 g/mol. The molecule has 3 rings (SSSR count). The van der Waals surface area contributed by atoms with E-state index in [0.29, 0.717) is 0 Å². The highest BCUT2D eigenvalue weighted by molar-refractivity contribution is 7.65. The Morgan fingerprint density at radius 2 is 2.05 bits per heavy atom. The number of imidazole rings is 1. The van der Waals surface area contributed by atoms with Crippen molar-refractivity contribution in [3.8, 4) is 0 Å². The quantitative estimate of drug-likeness (QED) is 0.806. The summed E-state index contributed by atoms with van der Waals surface area (Å²) in [5.74, 6) is 2.75. The van der Waals surface area contributed by atoms with Crippen LogP contribution >= 0.6 is 7.14 Å². The molecular weight excluding hydrogens is 295 g/mol. The Hall–Kier alpha value is -1.48. The number of hydrogen-bond donors (Lipinski definition) is 0. The number of rotatable bonds is 4. The molecule has 0 radical (unpaired) electrons. The van der Waals surface area contributed by atoms with Gasteiger partial charge in [0, 0.05) is 12.0 Å². The highest BCUT2D eigenvalue weighted by Crippen LogP contribution is 2.56. The minimum absolute atomic E-state index is 0.127. The van der Waals surface area contributed by atoms with Crippen LogP contribution in [0.1, 0.15) is 31.3 Å². The summed E-state index contributed by atoms with van der Waals surface area (Å²) in [6.07, 6.45) is 4.13. The Morgan fingerprint density at radius 1 is 1.36 bits per heavy atom. The molecule has 1 saturated carbocycles. The molecular formula is C16H23N4OP. The molecule has 1 aliphatic carbocycles. The first-order valence-electron chi connectivity index (χ1n) is 7.61. The van der Waals surface area contributed by atoms with Gasteiger partial charge in [-0.05, 0) is 52.8 Å². The van der Waals surface area contributed by atoms with Crippen molar-refractivity contribution in [2.75, 3.05) is 13.3 Å². The second kappa shape index (κ2) is 5.02. The fourth-order valence-corrected chi connectivity index (χ4v) is 4.30. The van der Waals surface area contributed by atoms with Crippen LogP contribution in [0.5, 0.6) is 0 Å². The zero-order valence-corrected chi connectivity index (χ0v) is 14.8. The van der Waals surface area contributed by atoms with Gasteiger partial charge in [0.2, 0.25) is 0 Å². The van der Waals surface area contributed by atoms with Crippen molar-refractivity contribution >= 4 is 18.3 Å². The molecule has 2 heterocycles. The van der Waals surface area contributed by atoms with E-state index in [1.807, 2.05) is 39.3 Å². The SMILES string of the molecule is C/C(=C\P(C)(C)=O)C1(Cn2cnc3c(C)nc(C)nc32)CC1. The van der Waals surface area contributed by atoms with Crippen molar-refractivity contribution in [1.29, 1.82) is 0 Å². The Labute approximate surface area is 131 Å². The second-order valence-electron chi connectivity index (χ2n) is 6.93. The van der Waals surface area contributed by atoms with Crippen LogP contribution in [0.25, 0.3) is 11.2 Å². The lowest BCUT2D eigenvalue weighted by Gasteiger charge is -2.18. The van der Waals surface area contributed by atoms with E-state index in [0.717, 1.165) is 42.1 Å². The third kappa shape index (κ3) is 2.87. The van der Waals surface area contributed by atoms with Gasteiger partial charge < -0.3 is 9.13 Å². The molecule has 22 heavy (non-hydrogen) atoms. The minimum Gasteiger partial charge on any atom is -0.320 e. The Bertz CT molecular complexity index is 811. The molecule has 0 N–H and O–H groups in total. The zero-order valence-electron chi connectivity index (χ0n) is 13.9. The lowest BCUT2D eigenvalue weighted by atomic mass is 9.99. The standard InChI is InChI=1S/C16H23N4OP/c1-11(8-22(4,5)21)16(6-7-16)9-20-10-17-14-12(2)18-13(3)19-15(14)20/h8,10H,6-7,9H2,1-5H3/b11-8+. The van der Waals surface area contributed by atoms with Gasteiger partial charge >= 0.3 is 0 Å². The van der Waals surface area contributed by atoms with Crippen LogP contribution in [0.15, 0.2) is 17.7 Å². The number of allylic oxidation sites excluding steroid dienone is 1. The molecule has 5 nitrogen and oxygen atoms in total. The van der Waals surface area contributed by atoms with Crippen LogP contribution in [-0.4, -0.2) is 32.8 Å². The molecule has 1 aliphatic rings. The maximum absolute atomic E-state index is 12.1. The smallest absolute Gasteiger partial charge is 0.163 e. The lowest BCUT2D eigenvalue weighted by molar-refractivity contribution is 0.496. The lowest BCUT2D eigenvalue weighted by Crippen LogP contribution is -2.13. The fourth-order valence-electron chi connectivity index (χ4n) is 3.10. The zero-order chi connectivity index (χ0) is 16.1. The molecule has 0 unspecified atom stereocenters. The van der Waals surface area contributed by atoms with Gasteiger partial charge in [0.25, 0.3) is 0 Å². The number of hydrogen-bond acceptors (Lipinski definition) is 4. The molecule has 1 fully saturated rings. The molecule has 2 aromatic heterocycles. The van der Waals surface area contributed by atoms with Gasteiger partial charge in [0.1, 0.15) is 18.5 Å². The average Bonchev–Trinajstić information content (AvgIpc) is 3.04. The average molecular weight is 318 g/mol. The topological polar surface area (TPSA) is 60.7 Å². The van der Waals surface area contributed by atoms with E-state index < -0.39 is 7.14 Å². The van der Waals surface area contributed by atoms with Crippen LogP contribution in [0, 0.1) is 19.3 Å². The predicted octanol–water partition coefficient (Wildman–Crippen LogP) is 3.75. The molecule has 0 bridgehead atoms. The molecule has 0 aromatic carbocycles. The third-order valence-corrected chi connectivity index (χ3v) is 5.43. The second-order valence-corrected chi connectivity index (χ2v) is 10.1. The highest BCUT2D eigenvalue weighted by Gasteiger charge is 2.45. The van der Waals surface area contributed by atoms with Crippen LogP contribution in [0.4, 0.5) is 0 Å². The number of aryl methyl sites for hydroxylation is 2. The first kappa shape index (κ1) is 15.4. The van der Waals surface area contributed by atoms with Crippen molar-refractivity contribution in [3.63, 3.8) is 0 Å². The van der Waals surface area contributed by atoms with Gasteiger partial charge in [-0.1, -0.05) is 5.57 Å². The van der Waals surface area contributed by atoms with Crippen LogP contribution in [-0.2, 0) is 11.1 Å². The van der Waals surface area contributed by atoms with Gasteiger partial charge in [0.15, 0.2) is 5.65 Å². The Morgan fingerprint density at radius 3 is 2.64 bits per heavy atom. The van der Waals surface area contributed by atoms with Gasteiger partial charge in [0.05, 0.1) is 12.0 Å². The van der Waals surface area contributed by atoms with E-state index in [9.17, 15) is 4.57 Å². The Kier molecular flexibility index (Phi) is 3.52. The molecule has 0 atom stereocenters. The third-order valence-electron chi connectivity index (χ3n) is 4.42. The molecule has 0 spiro atoms. The summed E-state index contributed by atoms with van der Waals surface area (Å²) in [7, 11) is -2.14. The van der Waals surface area contributed by atoms with E-state index in [2.05, 4.69) is 26.4 Å². The van der Waals surface area contributed by atoms with E-state index in [1.165, 1.54) is 5.57 Å². The Balaban J connectivity index is 1.97. The van der Waals surface area contributed by atoms with Crippen molar-refractivity contribution < 1.29 is 4.57 Å². The number of nitrogens with zero attached hydrogens (tertiary/aromatic N) is 4. The van der Waals surface area contributed by atoms with E-state index in [-0.39, 0.29) is 5.41 Å². The largest absolute Gasteiger partial charge is 0.320 e.